The zero-order valence-corrected chi connectivity index (χ0v) is 19.6. The first-order chi connectivity index (χ1) is 14.7. The minimum absolute atomic E-state index is 0.282. The van der Waals surface area contributed by atoms with E-state index in [1.807, 2.05) is 24.3 Å². The second-order valence-electron chi connectivity index (χ2n) is 8.73. The highest BCUT2D eigenvalue weighted by Gasteiger charge is 2.33. The van der Waals surface area contributed by atoms with E-state index in [2.05, 4.69) is 29.2 Å². The standard InChI is InChI=1S/C26H36Cl2N2/c27-24-14-10-22(11-15-24)26(23-12-16-25(28)17-13-23)30-19-21(20-30)9-7-5-3-1-2-4-6-8-18-29/h10-17,21,26H,1-9,18-20,29H2. The Morgan fingerprint density at radius 1 is 0.700 bits per heavy atom. The van der Waals surface area contributed by atoms with Crippen molar-refractivity contribution >= 4 is 23.2 Å². The third-order valence-corrected chi connectivity index (χ3v) is 6.79. The van der Waals surface area contributed by atoms with E-state index in [4.69, 9.17) is 28.9 Å². The summed E-state index contributed by atoms with van der Waals surface area (Å²) < 4.78 is 0. The molecule has 0 aliphatic carbocycles. The number of halogens is 2. The SMILES string of the molecule is NCCCCCCCCCCC1CN(C(c2ccc(Cl)cc2)c2ccc(Cl)cc2)C1. The van der Waals surface area contributed by atoms with Gasteiger partial charge in [-0.2, -0.15) is 0 Å². The number of unbranched alkanes of at least 4 members (excludes halogenated alkanes) is 7. The van der Waals surface area contributed by atoms with Crippen LogP contribution in [0.2, 0.25) is 10.0 Å². The molecule has 0 spiro atoms. The van der Waals surface area contributed by atoms with Gasteiger partial charge in [0.05, 0.1) is 6.04 Å². The highest BCUT2D eigenvalue weighted by Crippen LogP contribution is 2.36. The Hall–Kier alpha value is -1.06. The fourth-order valence-electron chi connectivity index (χ4n) is 4.55. The van der Waals surface area contributed by atoms with Gasteiger partial charge in [-0.25, -0.2) is 0 Å². The maximum Gasteiger partial charge on any atom is 0.0602 e. The van der Waals surface area contributed by atoms with Gasteiger partial charge in [0, 0.05) is 23.1 Å². The van der Waals surface area contributed by atoms with Crippen molar-refractivity contribution in [1.29, 1.82) is 0 Å². The van der Waals surface area contributed by atoms with Crippen LogP contribution in [0.25, 0.3) is 0 Å². The monoisotopic (exact) mass is 446 g/mol. The van der Waals surface area contributed by atoms with E-state index < -0.39 is 0 Å². The topological polar surface area (TPSA) is 29.3 Å². The predicted molar refractivity (Wildman–Crippen MR) is 130 cm³/mol. The minimum Gasteiger partial charge on any atom is -0.330 e. The number of likely N-dealkylation sites (tertiary alicyclic amines) is 1. The summed E-state index contributed by atoms with van der Waals surface area (Å²) in [6, 6.07) is 16.9. The Balaban J connectivity index is 1.43. The third kappa shape index (κ3) is 7.27. The number of nitrogens with two attached hydrogens (primary N) is 1. The Kier molecular flexibility index (Phi) is 10.00. The molecule has 164 valence electrons. The first-order valence-electron chi connectivity index (χ1n) is 11.6. The number of hydrogen-bond donors (Lipinski definition) is 1. The van der Waals surface area contributed by atoms with Crippen LogP contribution in [0.5, 0.6) is 0 Å². The first kappa shape index (κ1) is 23.6. The van der Waals surface area contributed by atoms with E-state index in [0.29, 0.717) is 0 Å². The molecule has 2 N–H and O–H groups in total. The molecule has 2 aromatic rings. The van der Waals surface area contributed by atoms with Crippen molar-refractivity contribution in [2.45, 2.75) is 63.8 Å². The van der Waals surface area contributed by atoms with Crippen LogP contribution in [0, 0.1) is 5.92 Å². The smallest absolute Gasteiger partial charge is 0.0602 e. The molecule has 0 saturated carbocycles. The molecule has 1 heterocycles. The van der Waals surface area contributed by atoms with Crippen LogP contribution in [0.4, 0.5) is 0 Å². The van der Waals surface area contributed by atoms with Gasteiger partial charge in [0.25, 0.3) is 0 Å². The second kappa shape index (κ2) is 12.7. The number of rotatable bonds is 13. The van der Waals surface area contributed by atoms with Gasteiger partial charge in [-0.3, -0.25) is 4.90 Å². The van der Waals surface area contributed by atoms with E-state index in [-0.39, 0.29) is 6.04 Å². The van der Waals surface area contributed by atoms with Crippen LogP contribution in [0.3, 0.4) is 0 Å². The number of benzene rings is 2. The van der Waals surface area contributed by atoms with Gasteiger partial charge >= 0.3 is 0 Å². The van der Waals surface area contributed by atoms with E-state index >= 15 is 0 Å². The molecule has 2 nitrogen and oxygen atoms in total. The lowest BCUT2D eigenvalue weighted by Gasteiger charge is -2.45. The van der Waals surface area contributed by atoms with Crippen molar-refractivity contribution in [1.82, 2.24) is 4.90 Å². The number of nitrogens with zero attached hydrogens (tertiary/aromatic N) is 1. The molecule has 30 heavy (non-hydrogen) atoms. The molecule has 0 radical (unpaired) electrons. The Morgan fingerprint density at radius 3 is 1.60 bits per heavy atom. The maximum absolute atomic E-state index is 6.12. The van der Waals surface area contributed by atoms with Crippen molar-refractivity contribution in [2.24, 2.45) is 11.7 Å². The summed E-state index contributed by atoms with van der Waals surface area (Å²) >= 11 is 12.2. The summed E-state index contributed by atoms with van der Waals surface area (Å²) in [5.74, 6) is 0.830. The van der Waals surface area contributed by atoms with Gasteiger partial charge in [0.2, 0.25) is 0 Å². The molecule has 0 aromatic heterocycles. The van der Waals surface area contributed by atoms with Gasteiger partial charge in [0.15, 0.2) is 0 Å². The average Bonchev–Trinajstić information content (AvgIpc) is 2.72. The van der Waals surface area contributed by atoms with Crippen LogP contribution >= 0.6 is 23.2 Å². The molecule has 3 rings (SSSR count). The third-order valence-electron chi connectivity index (χ3n) is 6.29. The molecule has 1 aliphatic rings. The molecule has 2 aromatic carbocycles. The van der Waals surface area contributed by atoms with Crippen molar-refractivity contribution in [3.05, 3.63) is 69.7 Å². The molecule has 0 unspecified atom stereocenters. The van der Waals surface area contributed by atoms with Crippen molar-refractivity contribution in [3.8, 4) is 0 Å². The molecule has 1 saturated heterocycles. The summed E-state index contributed by atoms with van der Waals surface area (Å²) in [6.45, 7) is 3.19. The highest BCUT2D eigenvalue weighted by molar-refractivity contribution is 6.30. The zero-order valence-electron chi connectivity index (χ0n) is 18.0. The van der Waals surface area contributed by atoms with Crippen molar-refractivity contribution in [3.63, 3.8) is 0 Å². The normalized spacial score (nSPS) is 14.9. The van der Waals surface area contributed by atoms with Crippen LogP contribution in [-0.4, -0.2) is 24.5 Å². The highest BCUT2D eigenvalue weighted by atomic mass is 35.5. The van der Waals surface area contributed by atoms with Gasteiger partial charge < -0.3 is 5.73 Å². The second-order valence-corrected chi connectivity index (χ2v) is 9.60. The summed E-state index contributed by atoms with van der Waals surface area (Å²) in [5, 5.41) is 1.57. The largest absolute Gasteiger partial charge is 0.330 e. The summed E-state index contributed by atoms with van der Waals surface area (Å²) in [7, 11) is 0. The summed E-state index contributed by atoms with van der Waals surface area (Å²) in [5.41, 5.74) is 8.15. The van der Waals surface area contributed by atoms with Gasteiger partial charge in [-0.05, 0) is 60.7 Å². The predicted octanol–water partition coefficient (Wildman–Crippen LogP) is 7.48. The summed E-state index contributed by atoms with van der Waals surface area (Å²) in [6.07, 6.45) is 12.1. The van der Waals surface area contributed by atoms with Gasteiger partial charge in [-0.15, -0.1) is 0 Å². The van der Waals surface area contributed by atoms with Crippen LogP contribution in [-0.2, 0) is 0 Å². The fraction of sp³-hybridized carbons (Fsp3) is 0.538. The summed E-state index contributed by atoms with van der Waals surface area (Å²) in [4.78, 5) is 2.59. The Labute approximate surface area is 192 Å². The van der Waals surface area contributed by atoms with Crippen LogP contribution in [0.15, 0.2) is 48.5 Å². The quantitative estimate of drug-likeness (QED) is 0.323. The zero-order chi connectivity index (χ0) is 21.2. The lowest BCUT2D eigenvalue weighted by Crippen LogP contribution is -2.48. The minimum atomic E-state index is 0.282. The fourth-order valence-corrected chi connectivity index (χ4v) is 4.80. The molecule has 0 amide bonds. The number of hydrogen-bond acceptors (Lipinski definition) is 2. The molecule has 0 atom stereocenters. The first-order valence-corrected chi connectivity index (χ1v) is 12.4. The van der Waals surface area contributed by atoms with E-state index in [1.165, 1.54) is 82.0 Å². The van der Waals surface area contributed by atoms with E-state index in [9.17, 15) is 0 Å². The molecular formula is C26H36Cl2N2. The molecule has 1 aliphatic heterocycles. The van der Waals surface area contributed by atoms with E-state index in [0.717, 1.165) is 22.5 Å². The molecular weight excluding hydrogens is 411 g/mol. The van der Waals surface area contributed by atoms with Crippen LogP contribution < -0.4 is 5.73 Å². The lowest BCUT2D eigenvalue weighted by atomic mass is 9.87. The van der Waals surface area contributed by atoms with Crippen LogP contribution in [0.1, 0.15) is 75.0 Å². The Morgan fingerprint density at radius 2 is 1.13 bits per heavy atom. The van der Waals surface area contributed by atoms with Crippen molar-refractivity contribution in [2.75, 3.05) is 19.6 Å². The van der Waals surface area contributed by atoms with Gasteiger partial charge in [0.1, 0.15) is 0 Å². The molecule has 0 bridgehead atoms. The lowest BCUT2D eigenvalue weighted by molar-refractivity contribution is 0.0618. The Bertz CT molecular complexity index is 678. The molecule has 1 fully saturated rings. The van der Waals surface area contributed by atoms with Crippen molar-refractivity contribution < 1.29 is 0 Å². The molecule has 4 heteroatoms. The average molecular weight is 447 g/mol. The van der Waals surface area contributed by atoms with Gasteiger partial charge in [-0.1, -0.05) is 92.4 Å². The van der Waals surface area contributed by atoms with E-state index in [1.54, 1.807) is 0 Å². The maximum atomic E-state index is 6.12.